The topological polar surface area (TPSA) is 54.8 Å². The molecule has 26 heavy (non-hydrogen) atoms. The summed E-state index contributed by atoms with van der Waals surface area (Å²) in [6.07, 6.45) is 6.62. The summed E-state index contributed by atoms with van der Waals surface area (Å²) < 4.78 is 5.46. The monoisotopic (exact) mass is 379 g/mol. The van der Waals surface area contributed by atoms with Crippen LogP contribution in [0.25, 0.3) is 0 Å². The molecule has 1 aliphatic heterocycles. The maximum absolute atomic E-state index is 12.2. The largest absolute Gasteiger partial charge is 0.444 e. The van der Waals surface area contributed by atoms with Gasteiger partial charge in [0.05, 0.1) is 9.88 Å². The van der Waals surface area contributed by atoms with Gasteiger partial charge < -0.3 is 9.64 Å². The van der Waals surface area contributed by atoms with E-state index in [1.807, 2.05) is 38.1 Å². The van der Waals surface area contributed by atoms with Crippen LogP contribution < -0.4 is 0 Å². The van der Waals surface area contributed by atoms with Crippen LogP contribution in [0.4, 0.5) is 4.79 Å². The van der Waals surface area contributed by atoms with Crippen LogP contribution in [-0.2, 0) is 4.74 Å². The van der Waals surface area contributed by atoms with Crippen molar-refractivity contribution in [1.29, 1.82) is 0 Å². The zero-order chi connectivity index (χ0) is 19.4. The van der Waals surface area contributed by atoms with Gasteiger partial charge in [-0.25, -0.2) is 9.78 Å². The Morgan fingerprint density at radius 3 is 2.54 bits per heavy atom. The maximum Gasteiger partial charge on any atom is 0.410 e. The van der Waals surface area contributed by atoms with E-state index in [1.54, 1.807) is 11.3 Å². The Kier molecular flexibility index (Phi) is 6.83. The number of aliphatic imine (C=N–C) groups is 1. The first-order valence-corrected chi connectivity index (χ1v) is 10.3. The molecule has 0 radical (unpaired) electrons. The van der Waals surface area contributed by atoms with Crippen LogP contribution in [0.1, 0.15) is 76.6 Å². The highest BCUT2D eigenvalue weighted by Gasteiger charge is 2.28. The van der Waals surface area contributed by atoms with Gasteiger partial charge in [0.15, 0.2) is 0 Å². The maximum atomic E-state index is 12.2. The van der Waals surface area contributed by atoms with Crippen LogP contribution in [0.3, 0.4) is 0 Å². The first-order chi connectivity index (χ1) is 12.0. The average molecular weight is 380 g/mol. The third-order valence-electron chi connectivity index (χ3n) is 4.25. The van der Waals surface area contributed by atoms with Crippen molar-refractivity contribution in [1.82, 2.24) is 9.88 Å². The standard InChI is InChI=1S/C20H33N3O2S/c1-19(2,3)9-10-21-13-16-14-22-17(26-16)15-7-11-23(12-8-15)18(24)25-20(4,5)6/h13-15H,7-12H2,1-6H3/b21-13+. The Morgan fingerprint density at radius 1 is 1.31 bits per heavy atom. The smallest absolute Gasteiger partial charge is 0.410 e. The lowest BCUT2D eigenvalue weighted by molar-refractivity contribution is 0.0205. The number of thiazole rings is 1. The van der Waals surface area contributed by atoms with Crippen LogP contribution in [0.5, 0.6) is 0 Å². The second kappa shape index (κ2) is 8.51. The van der Waals surface area contributed by atoms with E-state index < -0.39 is 5.60 Å². The van der Waals surface area contributed by atoms with Crippen molar-refractivity contribution in [3.05, 3.63) is 16.1 Å². The van der Waals surface area contributed by atoms with Crippen LogP contribution in [-0.4, -0.2) is 47.4 Å². The van der Waals surface area contributed by atoms with E-state index in [9.17, 15) is 4.79 Å². The number of piperidine rings is 1. The summed E-state index contributed by atoms with van der Waals surface area (Å²) in [7, 11) is 0. The molecule has 1 amide bonds. The molecule has 1 aromatic heterocycles. The quantitative estimate of drug-likeness (QED) is 0.683. The van der Waals surface area contributed by atoms with Crippen LogP contribution in [0.2, 0.25) is 0 Å². The number of likely N-dealkylation sites (tertiary alicyclic amines) is 1. The molecule has 2 rings (SSSR count). The van der Waals surface area contributed by atoms with E-state index in [0.717, 1.165) is 48.8 Å². The van der Waals surface area contributed by atoms with Gasteiger partial charge in [0.2, 0.25) is 0 Å². The molecule has 5 nitrogen and oxygen atoms in total. The van der Waals surface area contributed by atoms with E-state index in [2.05, 4.69) is 30.7 Å². The zero-order valence-electron chi connectivity index (χ0n) is 17.0. The number of aromatic nitrogens is 1. The second-order valence-corrected chi connectivity index (χ2v) is 10.3. The predicted octanol–water partition coefficient (Wildman–Crippen LogP) is 5.11. The molecule has 0 aromatic carbocycles. The number of carbonyl (C=O) groups excluding carboxylic acids is 1. The molecule has 0 aliphatic carbocycles. The fourth-order valence-electron chi connectivity index (χ4n) is 2.74. The molecule has 0 bridgehead atoms. The Balaban J connectivity index is 1.82. The summed E-state index contributed by atoms with van der Waals surface area (Å²) >= 11 is 1.72. The SMILES string of the molecule is CC(C)(C)CC/N=C/c1cnc(C2CCN(C(=O)OC(C)(C)C)CC2)s1. The van der Waals surface area contributed by atoms with E-state index in [0.29, 0.717) is 11.3 Å². The number of carbonyl (C=O) groups is 1. The number of hydrogen-bond acceptors (Lipinski definition) is 5. The van der Waals surface area contributed by atoms with Crippen molar-refractivity contribution in [3.8, 4) is 0 Å². The van der Waals surface area contributed by atoms with Crippen LogP contribution in [0.15, 0.2) is 11.2 Å². The summed E-state index contributed by atoms with van der Waals surface area (Å²) in [5.74, 6) is 0.426. The molecule has 1 aliphatic rings. The third kappa shape index (κ3) is 7.06. The molecular formula is C20H33N3O2S. The molecule has 0 unspecified atom stereocenters. The zero-order valence-corrected chi connectivity index (χ0v) is 17.9. The molecule has 1 saturated heterocycles. The Bertz CT molecular complexity index is 618. The van der Waals surface area contributed by atoms with E-state index in [1.165, 1.54) is 0 Å². The number of rotatable bonds is 4. The minimum absolute atomic E-state index is 0.207. The highest BCUT2D eigenvalue weighted by molar-refractivity contribution is 7.13. The first-order valence-electron chi connectivity index (χ1n) is 9.47. The first kappa shape index (κ1) is 20.9. The predicted molar refractivity (Wildman–Crippen MR) is 108 cm³/mol. The van der Waals surface area contributed by atoms with Gasteiger partial charge in [-0.15, -0.1) is 11.3 Å². The van der Waals surface area contributed by atoms with Crippen molar-refractivity contribution in [3.63, 3.8) is 0 Å². The summed E-state index contributed by atoms with van der Waals surface area (Å²) in [5, 5.41) is 1.16. The van der Waals surface area contributed by atoms with E-state index in [4.69, 9.17) is 4.74 Å². The molecule has 0 spiro atoms. The highest BCUT2D eigenvalue weighted by Crippen LogP contribution is 2.31. The van der Waals surface area contributed by atoms with Gasteiger partial charge in [0, 0.05) is 38.0 Å². The van der Waals surface area contributed by atoms with Gasteiger partial charge in [-0.2, -0.15) is 0 Å². The van der Waals surface area contributed by atoms with Crippen molar-refractivity contribution in [2.45, 2.75) is 72.3 Å². The Labute approximate surface area is 161 Å². The summed E-state index contributed by atoms with van der Waals surface area (Å²) in [6, 6.07) is 0. The molecular weight excluding hydrogens is 346 g/mol. The molecule has 0 N–H and O–H groups in total. The lowest BCUT2D eigenvalue weighted by atomic mass is 9.93. The molecule has 6 heteroatoms. The lowest BCUT2D eigenvalue weighted by Gasteiger charge is -2.32. The van der Waals surface area contributed by atoms with Gasteiger partial charge in [-0.05, 0) is 45.4 Å². The fraction of sp³-hybridized carbons (Fsp3) is 0.750. The van der Waals surface area contributed by atoms with Crippen molar-refractivity contribution in [2.75, 3.05) is 19.6 Å². The van der Waals surface area contributed by atoms with Crippen molar-refractivity contribution < 1.29 is 9.53 Å². The van der Waals surface area contributed by atoms with Gasteiger partial charge in [-0.1, -0.05) is 20.8 Å². The molecule has 0 saturated carbocycles. The molecule has 1 fully saturated rings. The summed E-state index contributed by atoms with van der Waals surface area (Å²) in [4.78, 5) is 24.2. The van der Waals surface area contributed by atoms with Gasteiger partial charge >= 0.3 is 6.09 Å². The van der Waals surface area contributed by atoms with Crippen molar-refractivity contribution >= 4 is 23.6 Å². The highest BCUT2D eigenvalue weighted by atomic mass is 32.1. The van der Waals surface area contributed by atoms with E-state index >= 15 is 0 Å². The van der Waals surface area contributed by atoms with Gasteiger partial charge in [0.25, 0.3) is 0 Å². The third-order valence-corrected chi connectivity index (χ3v) is 5.34. The van der Waals surface area contributed by atoms with Crippen molar-refractivity contribution in [2.24, 2.45) is 10.4 Å². The normalized spacial score (nSPS) is 17.1. The number of hydrogen-bond donors (Lipinski definition) is 0. The summed E-state index contributed by atoms with van der Waals surface area (Å²) in [5.41, 5.74) is -0.122. The van der Waals surface area contributed by atoms with E-state index in [-0.39, 0.29) is 6.09 Å². The second-order valence-electron chi connectivity index (χ2n) is 9.19. The fourth-order valence-corrected chi connectivity index (χ4v) is 3.72. The van der Waals surface area contributed by atoms with Crippen LogP contribution >= 0.6 is 11.3 Å². The molecule has 2 heterocycles. The Hall–Kier alpha value is -1.43. The molecule has 146 valence electrons. The average Bonchev–Trinajstić information content (AvgIpc) is 2.98. The number of amides is 1. The molecule has 1 aromatic rings. The number of ether oxygens (including phenoxy) is 1. The van der Waals surface area contributed by atoms with Crippen LogP contribution in [0, 0.1) is 5.41 Å². The van der Waals surface area contributed by atoms with Gasteiger partial charge in [0.1, 0.15) is 5.60 Å². The molecule has 0 atom stereocenters. The van der Waals surface area contributed by atoms with Gasteiger partial charge in [-0.3, -0.25) is 4.99 Å². The number of nitrogens with zero attached hydrogens (tertiary/aromatic N) is 3. The summed E-state index contributed by atoms with van der Waals surface area (Å²) in [6.45, 7) is 14.7. The lowest BCUT2D eigenvalue weighted by Crippen LogP contribution is -2.41. The minimum atomic E-state index is -0.440. The minimum Gasteiger partial charge on any atom is -0.444 e. The Morgan fingerprint density at radius 2 is 1.96 bits per heavy atom.